The molecule has 2 saturated heterocycles. The minimum absolute atomic E-state index is 0.0710. The Kier molecular flexibility index (Phi) is 7.63. The minimum Gasteiger partial charge on any atom is -0.359 e. The number of likely N-dealkylation sites (tertiary alicyclic amines) is 1. The Morgan fingerprint density at radius 2 is 1.82 bits per heavy atom. The van der Waals surface area contributed by atoms with Gasteiger partial charge in [-0.2, -0.15) is 0 Å². The van der Waals surface area contributed by atoms with Crippen molar-refractivity contribution in [2.45, 2.75) is 77.2 Å². The fourth-order valence-electron chi connectivity index (χ4n) is 7.38. The predicted octanol–water partition coefficient (Wildman–Crippen LogP) is 3.29. The molecule has 8 atom stereocenters. The van der Waals surface area contributed by atoms with Crippen molar-refractivity contribution in [2.24, 2.45) is 23.7 Å². The molecule has 1 aromatic rings. The molecule has 6 unspecified atom stereocenters. The van der Waals surface area contributed by atoms with E-state index >= 15 is 0 Å². The molecule has 1 spiro atoms. The number of carbonyl (C=O) groups is 3. The van der Waals surface area contributed by atoms with Gasteiger partial charge >= 0.3 is 0 Å². The Labute approximate surface area is 232 Å². The second-order valence-electron chi connectivity index (χ2n) is 12.6. The lowest BCUT2D eigenvalue weighted by Crippen LogP contribution is -2.58. The third kappa shape index (κ3) is 5.02. The SMILES string of the molecule is Cc1cc(C)cc(NC(=O)C2[C@H]3C=CC4(O3)C(C(=O)NC3CCCC(C)C3C)N(CCCN(C)C)C(=O)[C@@H]24)c1. The van der Waals surface area contributed by atoms with Gasteiger partial charge in [-0.1, -0.05) is 44.9 Å². The van der Waals surface area contributed by atoms with Crippen LogP contribution >= 0.6 is 0 Å². The van der Waals surface area contributed by atoms with Crippen molar-refractivity contribution in [1.29, 1.82) is 0 Å². The number of aryl methyl sites for hydroxylation is 2. The molecule has 3 fully saturated rings. The Morgan fingerprint density at radius 1 is 1.10 bits per heavy atom. The van der Waals surface area contributed by atoms with Crippen molar-refractivity contribution in [2.75, 3.05) is 32.5 Å². The highest BCUT2D eigenvalue weighted by Gasteiger charge is 2.72. The van der Waals surface area contributed by atoms with Gasteiger partial charge in [-0.3, -0.25) is 14.4 Å². The van der Waals surface area contributed by atoms with E-state index in [1.807, 2.05) is 52.2 Å². The van der Waals surface area contributed by atoms with Gasteiger partial charge in [0.05, 0.1) is 17.9 Å². The number of nitrogens with zero attached hydrogens (tertiary/aromatic N) is 2. The maximum absolute atomic E-state index is 14.1. The summed E-state index contributed by atoms with van der Waals surface area (Å²) in [6, 6.07) is 5.19. The van der Waals surface area contributed by atoms with Crippen LogP contribution in [-0.4, -0.2) is 78.5 Å². The molecular formula is C31H44N4O4. The van der Waals surface area contributed by atoms with Crippen LogP contribution in [0.15, 0.2) is 30.4 Å². The van der Waals surface area contributed by atoms with E-state index in [0.29, 0.717) is 24.1 Å². The van der Waals surface area contributed by atoms with Crippen LogP contribution in [0.3, 0.4) is 0 Å². The Hall–Kier alpha value is -2.71. The number of benzene rings is 1. The van der Waals surface area contributed by atoms with E-state index < -0.39 is 29.6 Å². The summed E-state index contributed by atoms with van der Waals surface area (Å²) < 4.78 is 6.50. The average Bonchev–Trinajstić information content (AvgIpc) is 3.49. The maximum atomic E-state index is 14.1. The Bertz CT molecular complexity index is 1140. The molecular weight excluding hydrogens is 492 g/mol. The molecule has 2 bridgehead atoms. The van der Waals surface area contributed by atoms with Gasteiger partial charge in [-0.25, -0.2) is 0 Å². The maximum Gasteiger partial charge on any atom is 0.246 e. The minimum atomic E-state index is -1.13. The van der Waals surface area contributed by atoms with E-state index in [4.69, 9.17) is 4.74 Å². The van der Waals surface area contributed by atoms with Gasteiger partial charge in [-0.15, -0.1) is 0 Å². The second kappa shape index (κ2) is 10.7. The fourth-order valence-corrected chi connectivity index (χ4v) is 7.38. The van der Waals surface area contributed by atoms with Crippen LogP contribution < -0.4 is 10.6 Å². The number of nitrogens with one attached hydrogen (secondary N) is 2. The zero-order chi connectivity index (χ0) is 28.1. The van der Waals surface area contributed by atoms with E-state index in [0.717, 1.165) is 36.9 Å². The summed E-state index contributed by atoms with van der Waals surface area (Å²) in [5.74, 6) is -1.08. The van der Waals surface area contributed by atoms with E-state index in [2.05, 4.69) is 35.4 Å². The molecule has 5 rings (SSSR count). The lowest BCUT2D eigenvalue weighted by Gasteiger charge is -2.38. The van der Waals surface area contributed by atoms with Gasteiger partial charge in [-0.05, 0) is 82.4 Å². The van der Waals surface area contributed by atoms with E-state index in [9.17, 15) is 14.4 Å². The number of ether oxygens (including phenoxy) is 1. The summed E-state index contributed by atoms with van der Waals surface area (Å²) in [5.41, 5.74) is 1.69. The number of rotatable bonds is 8. The highest BCUT2D eigenvalue weighted by Crippen LogP contribution is 2.55. The van der Waals surface area contributed by atoms with Crippen molar-refractivity contribution >= 4 is 23.4 Å². The normalized spacial score (nSPS) is 35.0. The van der Waals surface area contributed by atoms with Crippen LogP contribution in [0.25, 0.3) is 0 Å². The van der Waals surface area contributed by atoms with Crippen molar-refractivity contribution in [3.8, 4) is 0 Å². The molecule has 4 aliphatic rings. The van der Waals surface area contributed by atoms with Gasteiger partial charge < -0.3 is 25.2 Å². The van der Waals surface area contributed by atoms with E-state index in [1.54, 1.807) is 4.90 Å². The summed E-state index contributed by atoms with van der Waals surface area (Å²) in [4.78, 5) is 45.6. The van der Waals surface area contributed by atoms with Crippen molar-refractivity contribution in [3.05, 3.63) is 41.5 Å². The summed E-state index contributed by atoms with van der Waals surface area (Å²) >= 11 is 0. The molecule has 1 aliphatic carbocycles. The molecule has 0 radical (unpaired) electrons. The first kappa shape index (κ1) is 27.8. The number of hydrogen-bond acceptors (Lipinski definition) is 5. The van der Waals surface area contributed by atoms with Gasteiger partial charge in [0, 0.05) is 18.3 Å². The molecule has 3 heterocycles. The van der Waals surface area contributed by atoms with E-state index in [-0.39, 0.29) is 23.8 Å². The quantitative estimate of drug-likeness (QED) is 0.498. The average molecular weight is 537 g/mol. The van der Waals surface area contributed by atoms with Crippen LogP contribution in [0.4, 0.5) is 5.69 Å². The van der Waals surface area contributed by atoms with Crippen LogP contribution in [-0.2, 0) is 19.1 Å². The largest absolute Gasteiger partial charge is 0.359 e. The number of anilines is 1. The number of carbonyl (C=O) groups excluding carboxylic acids is 3. The van der Waals surface area contributed by atoms with Crippen LogP contribution in [0.5, 0.6) is 0 Å². The predicted molar refractivity (Wildman–Crippen MR) is 151 cm³/mol. The van der Waals surface area contributed by atoms with Crippen molar-refractivity contribution in [1.82, 2.24) is 15.1 Å². The Morgan fingerprint density at radius 3 is 2.51 bits per heavy atom. The number of hydrogen-bond donors (Lipinski definition) is 2. The van der Waals surface area contributed by atoms with Crippen molar-refractivity contribution in [3.63, 3.8) is 0 Å². The summed E-state index contributed by atoms with van der Waals surface area (Å²) in [6.07, 6.45) is 7.17. The highest BCUT2D eigenvalue weighted by atomic mass is 16.5. The van der Waals surface area contributed by atoms with Gasteiger partial charge in [0.15, 0.2) is 0 Å². The smallest absolute Gasteiger partial charge is 0.246 e. The molecule has 1 aromatic carbocycles. The zero-order valence-corrected chi connectivity index (χ0v) is 24.2. The summed E-state index contributed by atoms with van der Waals surface area (Å²) in [7, 11) is 3.99. The van der Waals surface area contributed by atoms with Gasteiger partial charge in [0.25, 0.3) is 0 Å². The molecule has 8 heteroatoms. The third-order valence-corrected chi connectivity index (χ3v) is 9.45. The first-order chi connectivity index (χ1) is 18.5. The first-order valence-electron chi connectivity index (χ1n) is 14.5. The zero-order valence-electron chi connectivity index (χ0n) is 24.2. The molecule has 212 valence electrons. The molecule has 1 saturated carbocycles. The molecule has 39 heavy (non-hydrogen) atoms. The fraction of sp³-hybridized carbons (Fsp3) is 0.645. The molecule has 2 N–H and O–H groups in total. The van der Waals surface area contributed by atoms with Crippen LogP contribution in [0.2, 0.25) is 0 Å². The standard InChI is InChI=1S/C31H44N4O4/c1-18-15-19(2)17-22(16-18)32-28(36)25-24-11-12-31(39-24)26(25)30(38)35(14-8-13-34(5)6)27(31)29(37)33-23-10-7-9-20(3)21(23)4/h11-12,15-17,20-21,23-27H,7-10,13-14H2,1-6H3,(H,32,36)(H,33,37)/t20?,21?,23?,24-,25?,26-,27?,31?/m1/s1. The van der Waals surface area contributed by atoms with Gasteiger partial charge in [0.1, 0.15) is 11.6 Å². The third-order valence-electron chi connectivity index (χ3n) is 9.45. The van der Waals surface area contributed by atoms with Crippen LogP contribution in [0, 0.1) is 37.5 Å². The lowest BCUT2D eigenvalue weighted by atomic mass is 9.73. The molecule has 3 amide bonds. The summed E-state index contributed by atoms with van der Waals surface area (Å²) in [5, 5.41) is 6.36. The molecule has 0 aromatic heterocycles. The van der Waals surface area contributed by atoms with E-state index in [1.165, 1.54) is 6.42 Å². The first-order valence-corrected chi connectivity index (χ1v) is 14.5. The van der Waals surface area contributed by atoms with Crippen LogP contribution in [0.1, 0.15) is 50.7 Å². The topological polar surface area (TPSA) is 91.0 Å². The second-order valence-corrected chi connectivity index (χ2v) is 12.6. The Balaban J connectivity index is 1.43. The molecule has 3 aliphatic heterocycles. The number of fused-ring (bicyclic) bond motifs is 1. The lowest BCUT2D eigenvalue weighted by molar-refractivity contribution is -0.141. The van der Waals surface area contributed by atoms with Crippen molar-refractivity contribution < 1.29 is 19.1 Å². The monoisotopic (exact) mass is 536 g/mol. The van der Waals surface area contributed by atoms with Gasteiger partial charge in [0.2, 0.25) is 17.7 Å². The highest BCUT2D eigenvalue weighted by molar-refractivity contribution is 6.02. The number of amides is 3. The molecule has 8 nitrogen and oxygen atoms in total. The summed E-state index contributed by atoms with van der Waals surface area (Å²) in [6.45, 7) is 9.66.